The highest BCUT2D eigenvalue weighted by atomic mass is 32.2. The van der Waals surface area contributed by atoms with Crippen LogP contribution in [-0.4, -0.2) is 39.9 Å². The third-order valence-electron chi connectivity index (χ3n) is 3.22. The Balaban J connectivity index is 1.56. The Morgan fingerprint density at radius 3 is 3.00 bits per heavy atom. The number of hydrogen-bond donors (Lipinski definition) is 2. The molecule has 5 nitrogen and oxygen atoms in total. The number of amides is 2. The van der Waals surface area contributed by atoms with E-state index in [4.69, 9.17) is 0 Å². The summed E-state index contributed by atoms with van der Waals surface area (Å²) in [5, 5.41) is 3.96. The van der Waals surface area contributed by atoms with Crippen molar-refractivity contribution in [3.05, 3.63) is 36.0 Å². The van der Waals surface area contributed by atoms with Crippen molar-refractivity contribution >= 4 is 34.5 Å². The van der Waals surface area contributed by atoms with Gasteiger partial charge in [0.25, 0.3) is 0 Å². The number of carbonyl (C=O) groups excluding carboxylic acids is 2. The standard InChI is InChI=1S/C14H15N3O2S/c18-13(7-17-9-20-8-14(17)19)15-6-11-5-10-3-1-2-4-12(10)16-11/h1-5,16H,6-9H2,(H,15,18). The molecule has 0 unspecified atom stereocenters. The maximum Gasteiger partial charge on any atom is 0.239 e. The molecule has 0 spiro atoms. The quantitative estimate of drug-likeness (QED) is 0.892. The van der Waals surface area contributed by atoms with Gasteiger partial charge in [-0.2, -0.15) is 0 Å². The number of para-hydroxylation sites is 1. The van der Waals surface area contributed by atoms with Crippen LogP contribution in [-0.2, 0) is 16.1 Å². The van der Waals surface area contributed by atoms with Gasteiger partial charge in [0, 0.05) is 11.2 Å². The minimum absolute atomic E-state index is 0.0377. The largest absolute Gasteiger partial charge is 0.357 e. The van der Waals surface area contributed by atoms with E-state index in [-0.39, 0.29) is 18.4 Å². The van der Waals surface area contributed by atoms with Crippen LogP contribution in [0.5, 0.6) is 0 Å². The Labute approximate surface area is 120 Å². The summed E-state index contributed by atoms with van der Waals surface area (Å²) in [6, 6.07) is 10.00. The predicted molar refractivity (Wildman–Crippen MR) is 79.2 cm³/mol. The van der Waals surface area contributed by atoms with Gasteiger partial charge in [-0.05, 0) is 17.5 Å². The minimum Gasteiger partial charge on any atom is -0.357 e. The maximum absolute atomic E-state index is 11.8. The first kappa shape index (κ1) is 13.1. The van der Waals surface area contributed by atoms with Crippen LogP contribution in [0.2, 0.25) is 0 Å². The number of aromatic amines is 1. The van der Waals surface area contributed by atoms with Crippen LogP contribution in [0.25, 0.3) is 10.9 Å². The van der Waals surface area contributed by atoms with Crippen molar-refractivity contribution in [2.75, 3.05) is 18.2 Å². The van der Waals surface area contributed by atoms with Crippen LogP contribution in [0.3, 0.4) is 0 Å². The number of rotatable bonds is 4. The van der Waals surface area contributed by atoms with Crippen LogP contribution in [0.1, 0.15) is 5.69 Å². The fourth-order valence-electron chi connectivity index (χ4n) is 2.19. The van der Waals surface area contributed by atoms with E-state index in [1.165, 1.54) is 11.8 Å². The second-order valence-corrected chi connectivity index (χ2v) is 5.68. The van der Waals surface area contributed by atoms with Gasteiger partial charge in [0.1, 0.15) is 6.54 Å². The summed E-state index contributed by atoms with van der Waals surface area (Å²) in [4.78, 5) is 28.1. The normalized spacial score (nSPS) is 15.0. The van der Waals surface area contributed by atoms with E-state index in [9.17, 15) is 9.59 Å². The first-order valence-corrected chi connectivity index (χ1v) is 7.57. The fourth-order valence-corrected chi connectivity index (χ4v) is 3.10. The van der Waals surface area contributed by atoms with E-state index >= 15 is 0 Å². The van der Waals surface area contributed by atoms with Crippen LogP contribution in [0, 0.1) is 0 Å². The third kappa shape index (κ3) is 2.80. The van der Waals surface area contributed by atoms with Gasteiger partial charge >= 0.3 is 0 Å². The second kappa shape index (κ2) is 5.58. The molecule has 2 amide bonds. The number of nitrogens with zero attached hydrogens (tertiary/aromatic N) is 1. The van der Waals surface area contributed by atoms with Gasteiger partial charge in [0.2, 0.25) is 11.8 Å². The number of carbonyl (C=O) groups is 2. The van der Waals surface area contributed by atoms with Crippen molar-refractivity contribution in [1.29, 1.82) is 0 Å². The number of nitrogens with one attached hydrogen (secondary N) is 2. The maximum atomic E-state index is 11.8. The number of hydrogen-bond acceptors (Lipinski definition) is 3. The Hall–Kier alpha value is -1.95. The molecule has 1 fully saturated rings. The third-order valence-corrected chi connectivity index (χ3v) is 4.17. The van der Waals surface area contributed by atoms with Gasteiger partial charge in [-0.15, -0.1) is 11.8 Å². The Morgan fingerprint density at radius 2 is 2.25 bits per heavy atom. The zero-order chi connectivity index (χ0) is 13.9. The molecule has 0 bridgehead atoms. The van der Waals surface area contributed by atoms with Crippen LogP contribution < -0.4 is 5.32 Å². The molecule has 1 aromatic carbocycles. The van der Waals surface area contributed by atoms with Crippen LogP contribution >= 0.6 is 11.8 Å². The Bertz CT molecular complexity index is 620. The first-order valence-electron chi connectivity index (χ1n) is 6.41. The molecule has 2 aromatic rings. The molecule has 0 radical (unpaired) electrons. The molecule has 0 atom stereocenters. The molecule has 1 saturated heterocycles. The molecule has 2 heterocycles. The van der Waals surface area contributed by atoms with Crippen molar-refractivity contribution in [2.24, 2.45) is 0 Å². The summed E-state index contributed by atoms with van der Waals surface area (Å²) in [6.45, 7) is 0.592. The lowest BCUT2D eigenvalue weighted by Gasteiger charge is -2.13. The van der Waals surface area contributed by atoms with Crippen molar-refractivity contribution in [1.82, 2.24) is 15.2 Å². The number of benzene rings is 1. The van der Waals surface area contributed by atoms with Crippen molar-refractivity contribution in [2.45, 2.75) is 6.54 Å². The smallest absolute Gasteiger partial charge is 0.239 e. The van der Waals surface area contributed by atoms with Gasteiger partial charge in [-0.3, -0.25) is 9.59 Å². The summed E-state index contributed by atoms with van der Waals surface area (Å²) in [5.74, 6) is 1.00. The summed E-state index contributed by atoms with van der Waals surface area (Å²) in [6.07, 6.45) is 0. The summed E-state index contributed by atoms with van der Waals surface area (Å²) < 4.78 is 0. The SMILES string of the molecule is O=C(CN1CSCC1=O)NCc1cc2ccccc2[nH]1. The van der Waals surface area contributed by atoms with E-state index < -0.39 is 0 Å². The average molecular weight is 289 g/mol. The molecular weight excluding hydrogens is 274 g/mol. The zero-order valence-electron chi connectivity index (χ0n) is 10.9. The molecule has 0 saturated carbocycles. The molecule has 6 heteroatoms. The predicted octanol–water partition coefficient (Wildman–Crippen LogP) is 1.32. The van der Waals surface area contributed by atoms with E-state index in [2.05, 4.69) is 10.3 Å². The van der Waals surface area contributed by atoms with E-state index in [1.54, 1.807) is 4.90 Å². The molecular formula is C14H15N3O2S. The summed E-state index contributed by atoms with van der Waals surface area (Å²) in [7, 11) is 0. The van der Waals surface area contributed by atoms with Crippen molar-refractivity contribution < 1.29 is 9.59 Å². The first-order chi connectivity index (χ1) is 9.72. The van der Waals surface area contributed by atoms with E-state index in [0.717, 1.165) is 16.6 Å². The van der Waals surface area contributed by atoms with Gasteiger partial charge in [0.15, 0.2) is 0 Å². The number of fused-ring (bicyclic) bond motifs is 1. The molecule has 0 aliphatic carbocycles. The number of H-pyrrole nitrogens is 1. The van der Waals surface area contributed by atoms with Gasteiger partial charge < -0.3 is 15.2 Å². The molecule has 1 aliphatic heterocycles. The van der Waals surface area contributed by atoms with Crippen LogP contribution in [0.15, 0.2) is 30.3 Å². The Kier molecular flexibility index (Phi) is 3.64. The molecule has 20 heavy (non-hydrogen) atoms. The van der Waals surface area contributed by atoms with Gasteiger partial charge in [-0.25, -0.2) is 0 Å². The minimum atomic E-state index is -0.125. The average Bonchev–Trinajstić information content (AvgIpc) is 3.03. The molecule has 104 valence electrons. The molecule has 2 N–H and O–H groups in total. The number of thioether (sulfide) groups is 1. The van der Waals surface area contributed by atoms with Crippen molar-refractivity contribution in [3.63, 3.8) is 0 Å². The highest BCUT2D eigenvalue weighted by molar-refractivity contribution is 8.00. The second-order valence-electron chi connectivity index (χ2n) is 4.73. The summed E-state index contributed by atoms with van der Waals surface area (Å²) >= 11 is 1.54. The van der Waals surface area contributed by atoms with Gasteiger partial charge in [-0.1, -0.05) is 18.2 Å². The summed E-state index contributed by atoms with van der Waals surface area (Å²) in [5.41, 5.74) is 2.02. The molecule has 1 aliphatic rings. The van der Waals surface area contributed by atoms with E-state index in [1.807, 2.05) is 30.3 Å². The molecule has 3 rings (SSSR count). The highest BCUT2D eigenvalue weighted by Gasteiger charge is 2.22. The fraction of sp³-hybridized carbons (Fsp3) is 0.286. The highest BCUT2D eigenvalue weighted by Crippen LogP contribution is 2.15. The molecule has 1 aromatic heterocycles. The lowest BCUT2D eigenvalue weighted by atomic mass is 10.2. The lowest BCUT2D eigenvalue weighted by molar-refractivity contribution is -0.132. The Morgan fingerprint density at radius 1 is 1.40 bits per heavy atom. The zero-order valence-corrected chi connectivity index (χ0v) is 11.7. The number of aromatic nitrogens is 1. The van der Waals surface area contributed by atoms with Crippen molar-refractivity contribution in [3.8, 4) is 0 Å². The lowest BCUT2D eigenvalue weighted by Crippen LogP contribution is -2.37. The van der Waals surface area contributed by atoms with Crippen LogP contribution in [0.4, 0.5) is 0 Å². The monoisotopic (exact) mass is 289 g/mol. The van der Waals surface area contributed by atoms with E-state index in [0.29, 0.717) is 18.2 Å². The van der Waals surface area contributed by atoms with Gasteiger partial charge in [0.05, 0.1) is 18.2 Å². The topological polar surface area (TPSA) is 65.2 Å².